The monoisotopic (exact) mass is 380 g/mol. The van der Waals surface area contributed by atoms with Crippen LogP contribution >= 0.6 is 11.6 Å². The molecule has 138 valence electrons. The topological polar surface area (TPSA) is 50.2 Å². The summed E-state index contributed by atoms with van der Waals surface area (Å²) in [5.74, 6) is 0.631. The minimum atomic E-state index is -0.0496. The van der Waals surface area contributed by atoms with Crippen LogP contribution in [0, 0.1) is 0 Å². The van der Waals surface area contributed by atoms with Gasteiger partial charge in [-0.1, -0.05) is 41.9 Å². The third kappa shape index (κ3) is 3.83. The molecule has 4 rings (SSSR count). The zero-order valence-electron chi connectivity index (χ0n) is 15.1. The lowest BCUT2D eigenvalue weighted by molar-refractivity contribution is -0.115. The van der Waals surface area contributed by atoms with Crippen molar-refractivity contribution in [1.82, 2.24) is 9.78 Å². The van der Waals surface area contributed by atoms with Gasteiger partial charge in [0.05, 0.1) is 19.3 Å². The smallest absolute Gasteiger partial charge is 0.245 e. The van der Waals surface area contributed by atoms with Crippen molar-refractivity contribution in [3.8, 4) is 0 Å². The van der Waals surface area contributed by atoms with Crippen molar-refractivity contribution in [2.75, 3.05) is 16.8 Å². The summed E-state index contributed by atoms with van der Waals surface area (Å²) in [5, 5.41) is 8.00. The standard InChI is InChI=1S/C21H21ClN4O/c1-15-11-17-6-2-3-8-19(17)25(15)14-21(27)24-20-9-10-23-26(20)13-16-5-4-7-18(22)12-16/h2-10,12,15H,11,13-14H2,1H3,(H,24,27). The fourth-order valence-corrected chi connectivity index (χ4v) is 3.79. The molecule has 1 aliphatic rings. The zero-order valence-corrected chi connectivity index (χ0v) is 15.9. The number of hydrogen-bond donors (Lipinski definition) is 1. The molecule has 1 N–H and O–H groups in total. The average molecular weight is 381 g/mol. The largest absolute Gasteiger partial charge is 0.359 e. The Hall–Kier alpha value is -2.79. The highest BCUT2D eigenvalue weighted by Gasteiger charge is 2.27. The summed E-state index contributed by atoms with van der Waals surface area (Å²) in [6, 6.07) is 18.0. The van der Waals surface area contributed by atoms with Gasteiger partial charge >= 0.3 is 0 Å². The molecule has 2 heterocycles. The number of carbonyl (C=O) groups is 1. The molecule has 5 nitrogen and oxygen atoms in total. The Kier molecular flexibility index (Phi) is 4.86. The molecular weight excluding hydrogens is 360 g/mol. The van der Waals surface area contributed by atoms with Crippen LogP contribution < -0.4 is 10.2 Å². The summed E-state index contributed by atoms with van der Waals surface area (Å²) in [4.78, 5) is 14.8. The lowest BCUT2D eigenvalue weighted by atomic mass is 10.1. The Labute approximate surface area is 163 Å². The van der Waals surface area contributed by atoms with Crippen molar-refractivity contribution in [2.24, 2.45) is 0 Å². The van der Waals surface area contributed by atoms with Crippen LogP contribution in [0.4, 0.5) is 11.5 Å². The molecule has 1 atom stereocenters. The lowest BCUT2D eigenvalue weighted by Gasteiger charge is -2.24. The van der Waals surface area contributed by atoms with E-state index in [-0.39, 0.29) is 5.91 Å². The van der Waals surface area contributed by atoms with Gasteiger partial charge in [0.1, 0.15) is 5.82 Å². The maximum Gasteiger partial charge on any atom is 0.245 e. The van der Waals surface area contributed by atoms with Gasteiger partial charge in [-0.3, -0.25) is 4.79 Å². The summed E-state index contributed by atoms with van der Waals surface area (Å²) >= 11 is 6.05. The molecule has 0 fully saturated rings. The van der Waals surface area contributed by atoms with E-state index in [9.17, 15) is 4.79 Å². The Bertz CT molecular complexity index is 968. The van der Waals surface area contributed by atoms with Crippen molar-refractivity contribution in [1.29, 1.82) is 0 Å². The van der Waals surface area contributed by atoms with Gasteiger partial charge in [-0.25, -0.2) is 4.68 Å². The maximum absolute atomic E-state index is 12.7. The molecule has 0 saturated carbocycles. The third-order valence-electron chi connectivity index (χ3n) is 4.87. The Morgan fingerprint density at radius 2 is 2.07 bits per heavy atom. The molecule has 2 aromatic carbocycles. The van der Waals surface area contributed by atoms with Crippen LogP contribution in [0.1, 0.15) is 18.1 Å². The normalized spacial score (nSPS) is 15.6. The number of fused-ring (bicyclic) bond motifs is 1. The fourth-order valence-electron chi connectivity index (χ4n) is 3.58. The van der Waals surface area contributed by atoms with Crippen LogP contribution in [0.3, 0.4) is 0 Å². The number of hydrogen-bond acceptors (Lipinski definition) is 3. The Morgan fingerprint density at radius 1 is 1.22 bits per heavy atom. The van der Waals surface area contributed by atoms with Crippen LogP contribution in [-0.4, -0.2) is 28.3 Å². The van der Waals surface area contributed by atoms with Gasteiger partial charge in [-0.15, -0.1) is 0 Å². The van der Waals surface area contributed by atoms with Crippen LogP contribution in [0.25, 0.3) is 0 Å². The van der Waals surface area contributed by atoms with Crippen molar-refractivity contribution < 1.29 is 4.79 Å². The molecule has 27 heavy (non-hydrogen) atoms. The van der Waals surface area contributed by atoms with E-state index >= 15 is 0 Å². The molecule has 3 aromatic rings. The number of anilines is 2. The first-order chi connectivity index (χ1) is 13.1. The molecule has 1 unspecified atom stereocenters. The number of halogens is 1. The summed E-state index contributed by atoms with van der Waals surface area (Å²) < 4.78 is 1.77. The quantitative estimate of drug-likeness (QED) is 0.728. The average Bonchev–Trinajstić information content (AvgIpc) is 3.19. The van der Waals surface area contributed by atoms with Gasteiger partial charge in [-0.2, -0.15) is 5.10 Å². The molecule has 0 radical (unpaired) electrons. The summed E-state index contributed by atoms with van der Waals surface area (Å²) in [7, 11) is 0. The number of nitrogens with one attached hydrogen (secondary N) is 1. The predicted molar refractivity (Wildman–Crippen MR) is 108 cm³/mol. The van der Waals surface area contributed by atoms with Crippen molar-refractivity contribution in [3.05, 3.63) is 76.9 Å². The molecule has 0 bridgehead atoms. The number of aromatic nitrogens is 2. The second kappa shape index (κ2) is 7.45. The van der Waals surface area contributed by atoms with Crippen molar-refractivity contribution >= 4 is 29.0 Å². The van der Waals surface area contributed by atoms with Crippen molar-refractivity contribution in [3.63, 3.8) is 0 Å². The molecule has 0 spiro atoms. The number of rotatable bonds is 5. The van der Waals surface area contributed by atoms with E-state index in [0.29, 0.717) is 30.0 Å². The van der Waals surface area contributed by atoms with E-state index in [1.807, 2.05) is 42.5 Å². The molecule has 0 saturated heterocycles. The van der Waals surface area contributed by atoms with E-state index in [1.165, 1.54) is 5.56 Å². The van der Waals surface area contributed by atoms with E-state index in [0.717, 1.165) is 17.7 Å². The Morgan fingerprint density at radius 3 is 2.93 bits per heavy atom. The van der Waals surface area contributed by atoms with Gasteiger partial charge in [0.2, 0.25) is 5.91 Å². The lowest BCUT2D eigenvalue weighted by Crippen LogP contribution is -2.37. The SMILES string of the molecule is CC1Cc2ccccc2N1CC(=O)Nc1ccnn1Cc1cccc(Cl)c1. The van der Waals surface area contributed by atoms with E-state index < -0.39 is 0 Å². The molecule has 1 amide bonds. The number of nitrogens with zero attached hydrogens (tertiary/aromatic N) is 3. The number of carbonyl (C=O) groups excluding carboxylic acids is 1. The first kappa shape index (κ1) is 17.6. The summed E-state index contributed by atoms with van der Waals surface area (Å²) in [6.07, 6.45) is 2.66. The molecule has 0 aliphatic carbocycles. The highest BCUT2D eigenvalue weighted by Crippen LogP contribution is 2.31. The fraction of sp³-hybridized carbons (Fsp3) is 0.238. The summed E-state index contributed by atoms with van der Waals surface area (Å²) in [6.45, 7) is 3.02. The number of benzene rings is 2. The highest BCUT2D eigenvalue weighted by molar-refractivity contribution is 6.30. The van der Waals surface area contributed by atoms with E-state index in [2.05, 4.69) is 34.4 Å². The van der Waals surface area contributed by atoms with Gasteiger partial charge in [0, 0.05) is 22.8 Å². The third-order valence-corrected chi connectivity index (χ3v) is 5.10. The minimum absolute atomic E-state index is 0.0496. The first-order valence-corrected chi connectivity index (χ1v) is 9.38. The minimum Gasteiger partial charge on any atom is -0.359 e. The molecule has 6 heteroatoms. The zero-order chi connectivity index (χ0) is 18.8. The van der Waals surface area contributed by atoms with E-state index in [1.54, 1.807) is 10.9 Å². The second-order valence-corrected chi connectivity index (χ2v) is 7.30. The number of amides is 1. The predicted octanol–water partition coefficient (Wildman–Crippen LogP) is 3.97. The van der Waals surface area contributed by atoms with Gasteiger partial charge in [0.25, 0.3) is 0 Å². The molecule has 1 aromatic heterocycles. The van der Waals surface area contributed by atoms with Crippen LogP contribution in [-0.2, 0) is 17.8 Å². The van der Waals surface area contributed by atoms with E-state index in [4.69, 9.17) is 11.6 Å². The second-order valence-electron chi connectivity index (χ2n) is 6.86. The Balaban J connectivity index is 1.44. The van der Waals surface area contributed by atoms with Gasteiger partial charge in [0.15, 0.2) is 0 Å². The van der Waals surface area contributed by atoms with Crippen LogP contribution in [0.2, 0.25) is 5.02 Å². The van der Waals surface area contributed by atoms with Crippen molar-refractivity contribution in [2.45, 2.75) is 25.9 Å². The number of para-hydroxylation sites is 1. The first-order valence-electron chi connectivity index (χ1n) is 9.01. The van der Waals surface area contributed by atoms with Gasteiger partial charge < -0.3 is 10.2 Å². The molecular formula is C21H21ClN4O. The molecule has 1 aliphatic heterocycles. The van der Waals surface area contributed by atoms with Crippen LogP contribution in [0.5, 0.6) is 0 Å². The van der Waals surface area contributed by atoms with Crippen LogP contribution in [0.15, 0.2) is 60.8 Å². The maximum atomic E-state index is 12.7. The van der Waals surface area contributed by atoms with Gasteiger partial charge in [-0.05, 0) is 42.7 Å². The summed E-state index contributed by atoms with van der Waals surface area (Å²) in [5.41, 5.74) is 3.47. The highest BCUT2D eigenvalue weighted by atomic mass is 35.5.